The van der Waals surface area contributed by atoms with E-state index in [2.05, 4.69) is 89.4 Å². The summed E-state index contributed by atoms with van der Waals surface area (Å²) in [6.45, 7) is 12.3. The summed E-state index contributed by atoms with van der Waals surface area (Å²) in [5.74, 6) is 1.40. The number of anilines is 4. The molecule has 6 nitrogen and oxygen atoms in total. The average molecular weight is 389 g/mol. The molecule has 1 aliphatic rings. The van der Waals surface area contributed by atoms with Crippen molar-refractivity contribution >= 4 is 23.1 Å². The largest absolute Gasteiger partial charge is 0.368 e. The molecule has 150 valence electrons. The third-order valence-corrected chi connectivity index (χ3v) is 5.71. The Kier molecular flexibility index (Phi) is 5.34. The lowest BCUT2D eigenvalue weighted by atomic mass is 10.1. The number of hydrogen-bond acceptors (Lipinski definition) is 6. The second-order valence-corrected chi connectivity index (χ2v) is 7.77. The Bertz CT molecular complexity index is 1010. The van der Waals surface area contributed by atoms with E-state index in [9.17, 15) is 0 Å². The highest BCUT2D eigenvalue weighted by molar-refractivity contribution is 5.60. The van der Waals surface area contributed by atoms with E-state index in [1.165, 1.54) is 22.4 Å². The number of nitrogens with one attached hydrogen (secondary N) is 1. The first kappa shape index (κ1) is 19.2. The molecular weight excluding hydrogens is 360 g/mol. The molecule has 29 heavy (non-hydrogen) atoms. The minimum absolute atomic E-state index is 0.535. The van der Waals surface area contributed by atoms with Crippen LogP contribution < -0.4 is 15.1 Å². The van der Waals surface area contributed by atoms with Crippen LogP contribution >= 0.6 is 0 Å². The van der Waals surface area contributed by atoms with Gasteiger partial charge in [-0.15, -0.1) is 5.10 Å². The molecule has 2 heterocycles. The molecule has 1 N–H and O–H groups in total. The van der Waals surface area contributed by atoms with E-state index in [-0.39, 0.29) is 0 Å². The van der Waals surface area contributed by atoms with Crippen molar-refractivity contribution < 1.29 is 0 Å². The van der Waals surface area contributed by atoms with Crippen LogP contribution in [0.3, 0.4) is 0 Å². The van der Waals surface area contributed by atoms with Crippen molar-refractivity contribution in [3.63, 3.8) is 0 Å². The van der Waals surface area contributed by atoms with Gasteiger partial charge in [0, 0.05) is 37.6 Å². The Hall–Kier alpha value is -3.15. The molecule has 1 aromatic heterocycles. The van der Waals surface area contributed by atoms with Crippen molar-refractivity contribution in [2.45, 2.75) is 27.7 Å². The maximum Gasteiger partial charge on any atom is 0.249 e. The lowest BCUT2D eigenvalue weighted by Gasteiger charge is -2.37. The van der Waals surface area contributed by atoms with Crippen LogP contribution in [0, 0.1) is 27.7 Å². The van der Waals surface area contributed by atoms with E-state index in [1.54, 1.807) is 6.20 Å². The highest BCUT2D eigenvalue weighted by Gasteiger charge is 2.20. The third kappa shape index (κ3) is 4.16. The molecule has 0 amide bonds. The molecule has 0 radical (unpaired) electrons. The first-order chi connectivity index (χ1) is 14.0. The number of hydrogen-bond donors (Lipinski definition) is 1. The second kappa shape index (κ2) is 8.07. The van der Waals surface area contributed by atoms with Gasteiger partial charge in [-0.3, -0.25) is 0 Å². The zero-order valence-electron chi connectivity index (χ0n) is 17.6. The van der Waals surface area contributed by atoms with Gasteiger partial charge in [-0.2, -0.15) is 10.1 Å². The summed E-state index contributed by atoms with van der Waals surface area (Å²) in [4.78, 5) is 9.46. The molecule has 4 rings (SSSR count). The predicted molar refractivity (Wildman–Crippen MR) is 119 cm³/mol. The van der Waals surface area contributed by atoms with Crippen molar-refractivity contribution in [3.8, 4) is 0 Å². The van der Waals surface area contributed by atoms with Gasteiger partial charge < -0.3 is 15.1 Å². The van der Waals surface area contributed by atoms with Gasteiger partial charge >= 0.3 is 0 Å². The van der Waals surface area contributed by atoms with Crippen molar-refractivity contribution in [3.05, 3.63) is 64.8 Å². The van der Waals surface area contributed by atoms with Gasteiger partial charge in [-0.05, 0) is 62.1 Å². The molecule has 6 heteroatoms. The topological polar surface area (TPSA) is 57.2 Å². The Morgan fingerprint density at radius 3 is 2.41 bits per heavy atom. The van der Waals surface area contributed by atoms with Crippen molar-refractivity contribution in [2.24, 2.45) is 0 Å². The number of benzene rings is 2. The Labute approximate surface area is 172 Å². The fraction of sp³-hybridized carbons (Fsp3) is 0.348. The van der Waals surface area contributed by atoms with Gasteiger partial charge in [-0.25, -0.2) is 0 Å². The lowest BCUT2D eigenvalue weighted by Crippen LogP contribution is -2.47. The van der Waals surface area contributed by atoms with Gasteiger partial charge in [0.2, 0.25) is 5.95 Å². The van der Waals surface area contributed by atoms with Gasteiger partial charge in [0.1, 0.15) is 0 Å². The van der Waals surface area contributed by atoms with E-state index >= 15 is 0 Å². The first-order valence-corrected chi connectivity index (χ1v) is 10.1. The van der Waals surface area contributed by atoms with Crippen LogP contribution in [-0.2, 0) is 0 Å². The van der Waals surface area contributed by atoms with Crippen LogP contribution in [0.25, 0.3) is 0 Å². The maximum atomic E-state index is 4.71. The Morgan fingerprint density at radius 2 is 1.62 bits per heavy atom. The fourth-order valence-electron chi connectivity index (χ4n) is 3.75. The molecule has 3 aromatic rings. The summed E-state index contributed by atoms with van der Waals surface area (Å²) in [6.07, 6.45) is 1.75. The van der Waals surface area contributed by atoms with Crippen LogP contribution in [0.15, 0.2) is 42.6 Å². The zero-order chi connectivity index (χ0) is 20.4. The van der Waals surface area contributed by atoms with Crippen molar-refractivity contribution in [1.82, 2.24) is 15.2 Å². The Morgan fingerprint density at radius 1 is 0.862 bits per heavy atom. The van der Waals surface area contributed by atoms with E-state index < -0.39 is 0 Å². The summed E-state index contributed by atoms with van der Waals surface area (Å²) in [5, 5.41) is 11.7. The first-order valence-electron chi connectivity index (χ1n) is 10.1. The number of aryl methyl sites for hydroxylation is 3. The molecule has 2 aromatic carbocycles. The van der Waals surface area contributed by atoms with Crippen LogP contribution in [-0.4, -0.2) is 41.4 Å². The lowest BCUT2D eigenvalue weighted by molar-refractivity contribution is 0.643. The molecule has 0 unspecified atom stereocenters. The van der Waals surface area contributed by atoms with Gasteiger partial charge in [0.15, 0.2) is 5.82 Å². The normalized spacial score (nSPS) is 14.2. The molecule has 0 bridgehead atoms. The van der Waals surface area contributed by atoms with E-state index in [4.69, 9.17) is 4.98 Å². The van der Waals surface area contributed by atoms with Gasteiger partial charge in [-0.1, -0.05) is 24.3 Å². The smallest absolute Gasteiger partial charge is 0.249 e. The van der Waals surface area contributed by atoms with E-state index in [0.29, 0.717) is 5.95 Å². The van der Waals surface area contributed by atoms with Gasteiger partial charge in [0.05, 0.1) is 6.20 Å². The molecular formula is C23H28N6. The maximum absolute atomic E-state index is 4.71. The molecule has 0 spiro atoms. The average Bonchev–Trinajstić information content (AvgIpc) is 2.73. The van der Waals surface area contributed by atoms with E-state index in [1.807, 2.05) is 0 Å². The van der Waals surface area contributed by atoms with Crippen LogP contribution in [0.1, 0.15) is 22.3 Å². The minimum Gasteiger partial charge on any atom is -0.368 e. The summed E-state index contributed by atoms with van der Waals surface area (Å²) in [5.41, 5.74) is 7.42. The second-order valence-electron chi connectivity index (χ2n) is 7.77. The highest BCUT2D eigenvalue weighted by Crippen LogP contribution is 2.25. The fourth-order valence-corrected chi connectivity index (χ4v) is 3.75. The van der Waals surface area contributed by atoms with E-state index in [0.717, 1.165) is 43.2 Å². The summed E-state index contributed by atoms with van der Waals surface area (Å²) in [6, 6.07) is 12.8. The highest BCUT2D eigenvalue weighted by atomic mass is 15.3. The molecule has 0 saturated carbocycles. The monoisotopic (exact) mass is 388 g/mol. The number of aromatic nitrogens is 3. The summed E-state index contributed by atoms with van der Waals surface area (Å²) in [7, 11) is 0. The predicted octanol–water partition coefficient (Wildman–Crippen LogP) is 4.18. The molecule has 0 atom stereocenters. The quantitative estimate of drug-likeness (QED) is 0.724. The SMILES string of the molecule is Cc1ccc(C)c(Nc2nncc(N3CCN(c4cccc(C)c4C)CC3)n2)c1. The van der Waals surface area contributed by atoms with Crippen molar-refractivity contribution in [2.75, 3.05) is 41.3 Å². The summed E-state index contributed by atoms with van der Waals surface area (Å²) < 4.78 is 0. The van der Waals surface area contributed by atoms with Gasteiger partial charge in [0.25, 0.3) is 0 Å². The molecule has 1 aliphatic heterocycles. The van der Waals surface area contributed by atoms with Crippen molar-refractivity contribution in [1.29, 1.82) is 0 Å². The number of nitrogens with zero attached hydrogens (tertiary/aromatic N) is 5. The molecule has 1 saturated heterocycles. The third-order valence-electron chi connectivity index (χ3n) is 5.71. The number of piperazine rings is 1. The standard InChI is InChI=1S/C23H28N6/c1-16-8-9-18(3)20(14-16)25-23-26-22(15-24-27-23)29-12-10-28(11-13-29)21-7-5-6-17(2)19(21)4/h5-9,14-15H,10-13H2,1-4H3,(H,25,26,27). The number of rotatable bonds is 4. The molecule has 1 fully saturated rings. The van der Waals surface area contributed by atoms with Crippen LogP contribution in [0.4, 0.5) is 23.1 Å². The molecule has 0 aliphatic carbocycles. The summed E-state index contributed by atoms with van der Waals surface area (Å²) >= 11 is 0. The zero-order valence-corrected chi connectivity index (χ0v) is 17.6. The Balaban J connectivity index is 1.46. The minimum atomic E-state index is 0.535. The van der Waals surface area contributed by atoms with Crippen LogP contribution in [0.5, 0.6) is 0 Å². The van der Waals surface area contributed by atoms with Crippen LogP contribution in [0.2, 0.25) is 0 Å².